The van der Waals surface area contributed by atoms with Crippen LogP contribution in [0.1, 0.15) is 46.1 Å². The second-order valence-electron chi connectivity index (χ2n) is 5.39. The third-order valence-electron chi connectivity index (χ3n) is 2.94. The van der Waals surface area contributed by atoms with Crippen molar-refractivity contribution in [1.82, 2.24) is 5.32 Å². The monoisotopic (exact) mass is 249 g/mol. The molecule has 1 aromatic carbocycles. The van der Waals surface area contributed by atoms with Gasteiger partial charge in [0.1, 0.15) is 11.4 Å². The van der Waals surface area contributed by atoms with Gasteiger partial charge >= 0.3 is 0 Å². The Bertz CT molecular complexity index is 329. The van der Waals surface area contributed by atoms with Gasteiger partial charge in [-0.05, 0) is 50.9 Å². The van der Waals surface area contributed by atoms with Gasteiger partial charge in [-0.2, -0.15) is 0 Å². The fourth-order valence-corrected chi connectivity index (χ4v) is 1.89. The highest BCUT2D eigenvalue weighted by molar-refractivity contribution is 5.27. The number of benzene rings is 1. The molecule has 0 spiro atoms. The SMILES string of the molecule is CCCCc1ccc(OC(C)(C)CNCC)cc1. The predicted octanol–water partition coefficient (Wildman–Crippen LogP) is 3.80. The summed E-state index contributed by atoms with van der Waals surface area (Å²) in [4.78, 5) is 0. The van der Waals surface area contributed by atoms with Crippen molar-refractivity contribution in [2.45, 2.75) is 52.6 Å². The summed E-state index contributed by atoms with van der Waals surface area (Å²) in [5, 5.41) is 3.32. The zero-order valence-corrected chi connectivity index (χ0v) is 12.3. The summed E-state index contributed by atoms with van der Waals surface area (Å²) in [6, 6.07) is 8.51. The maximum atomic E-state index is 6.00. The van der Waals surface area contributed by atoms with Crippen molar-refractivity contribution >= 4 is 0 Å². The van der Waals surface area contributed by atoms with E-state index >= 15 is 0 Å². The van der Waals surface area contributed by atoms with Gasteiger partial charge in [0.2, 0.25) is 0 Å². The fraction of sp³-hybridized carbons (Fsp3) is 0.625. The molecule has 0 fully saturated rings. The number of likely N-dealkylation sites (N-methyl/N-ethyl adjacent to an activating group) is 1. The third-order valence-corrected chi connectivity index (χ3v) is 2.94. The van der Waals surface area contributed by atoms with E-state index in [9.17, 15) is 0 Å². The van der Waals surface area contributed by atoms with E-state index in [0.29, 0.717) is 0 Å². The molecule has 0 bridgehead atoms. The van der Waals surface area contributed by atoms with E-state index in [1.54, 1.807) is 0 Å². The number of hydrogen-bond donors (Lipinski definition) is 1. The van der Waals surface area contributed by atoms with E-state index in [0.717, 1.165) is 25.3 Å². The standard InChI is InChI=1S/C16H27NO/c1-5-7-8-14-9-11-15(12-10-14)18-16(3,4)13-17-6-2/h9-12,17H,5-8,13H2,1-4H3. The second kappa shape index (κ2) is 7.42. The number of rotatable bonds is 8. The van der Waals surface area contributed by atoms with Crippen LogP contribution < -0.4 is 10.1 Å². The highest BCUT2D eigenvalue weighted by Gasteiger charge is 2.18. The Morgan fingerprint density at radius 1 is 1.11 bits per heavy atom. The molecule has 2 heteroatoms. The minimum atomic E-state index is -0.166. The van der Waals surface area contributed by atoms with Gasteiger partial charge in [-0.25, -0.2) is 0 Å². The van der Waals surface area contributed by atoms with Gasteiger partial charge in [-0.1, -0.05) is 32.4 Å². The van der Waals surface area contributed by atoms with Crippen molar-refractivity contribution in [3.05, 3.63) is 29.8 Å². The number of nitrogens with one attached hydrogen (secondary N) is 1. The van der Waals surface area contributed by atoms with Crippen LogP contribution in [0.3, 0.4) is 0 Å². The van der Waals surface area contributed by atoms with Crippen LogP contribution in [-0.2, 0) is 6.42 Å². The minimum Gasteiger partial charge on any atom is -0.487 e. The Hall–Kier alpha value is -1.02. The normalized spacial score (nSPS) is 11.6. The third kappa shape index (κ3) is 5.54. The average molecular weight is 249 g/mol. The number of hydrogen-bond acceptors (Lipinski definition) is 2. The zero-order valence-electron chi connectivity index (χ0n) is 12.3. The smallest absolute Gasteiger partial charge is 0.120 e. The van der Waals surface area contributed by atoms with Gasteiger partial charge in [0.25, 0.3) is 0 Å². The average Bonchev–Trinajstić information content (AvgIpc) is 2.35. The number of aryl methyl sites for hydroxylation is 1. The van der Waals surface area contributed by atoms with Crippen molar-refractivity contribution in [2.24, 2.45) is 0 Å². The maximum absolute atomic E-state index is 6.00. The van der Waals surface area contributed by atoms with Gasteiger partial charge in [0.15, 0.2) is 0 Å². The molecular formula is C16H27NO. The Labute approximate surface area is 112 Å². The van der Waals surface area contributed by atoms with Crippen LogP contribution in [0.2, 0.25) is 0 Å². The molecular weight excluding hydrogens is 222 g/mol. The van der Waals surface area contributed by atoms with Crippen LogP contribution in [0.15, 0.2) is 24.3 Å². The maximum Gasteiger partial charge on any atom is 0.120 e. The molecule has 2 nitrogen and oxygen atoms in total. The van der Waals surface area contributed by atoms with E-state index in [4.69, 9.17) is 4.74 Å². The first-order valence-corrected chi connectivity index (χ1v) is 7.06. The molecule has 0 saturated heterocycles. The van der Waals surface area contributed by atoms with Crippen LogP contribution >= 0.6 is 0 Å². The summed E-state index contributed by atoms with van der Waals surface area (Å²) in [7, 11) is 0. The van der Waals surface area contributed by atoms with E-state index < -0.39 is 0 Å². The molecule has 1 N–H and O–H groups in total. The van der Waals surface area contributed by atoms with Crippen LogP contribution in [0.5, 0.6) is 5.75 Å². The lowest BCUT2D eigenvalue weighted by Crippen LogP contribution is -2.40. The lowest BCUT2D eigenvalue weighted by molar-refractivity contribution is 0.109. The van der Waals surface area contributed by atoms with Crippen molar-refractivity contribution < 1.29 is 4.74 Å². The van der Waals surface area contributed by atoms with Gasteiger partial charge in [-0.3, -0.25) is 0 Å². The van der Waals surface area contributed by atoms with Crippen molar-refractivity contribution in [3.63, 3.8) is 0 Å². The molecule has 0 aromatic heterocycles. The van der Waals surface area contributed by atoms with Crippen molar-refractivity contribution in [2.75, 3.05) is 13.1 Å². The Morgan fingerprint density at radius 2 is 1.78 bits per heavy atom. The van der Waals surface area contributed by atoms with E-state index in [1.807, 2.05) is 0 Å². The lowest BCUT2D eigenvalue weighted by Gasteiger charge is -2.26. The summed E-state index contributed by atoms with van der Waals surface area (Å²) < 4.78 is 6.00. The highest BCUT2D eigenvalue weighted by Crippen LogP contribution is 2.19. The molecule has 0 unspecified atom stereocenters. The molecule has 0 atom stereocenters. The first kappa shape index (κ1) is 15.0. The second-order valence-corrected chi connectivity index (χ2v) is 5.39. The lowest BCUT2D eigenvalue weighted by atomic mass is 10.1. The molecule has 1 aromatic rings. The highest BCUT2D eigenvalue weighted by atomic mass is 16.5. The Kier molecular flexibility index (Phi) is 6.20. The van der Waals surface area contributed by atoms with E-state index in [2.05, 4.69) is 57.3 Å². The van der Waals surface area contributed by atoms with Crippen molar-refractivity contribution in [3.8, 4) is 5.75 Å². The first-order valence-electron chi connectivity index (χ1n) is 7.06. The van der Waals surface area contributed by atoms with Crippen LogP contribution in [0.25, 0.3) is 0 Å². The molecule has 0 aliphatic heterocycles. The quantitative estimate of drug-likeness (QED) is 0.756. The first-order chi connectivity index (χ1) is 8.57. The molecule has 1 rings (SSSR count). The van der Waals surface area contributed by atoms with Crippen molar-refractivity contribution in [1.29, 1.82) is 0 Å². The summed E-state index contributed by atoms with van der Waals surface area (Å²) in [6.07, 6.45) is 3.66. The number of ether oxygens (including phenoxy) is 1. The van der Waals surface area contributed by atoms with E-state index in [-0.39, 0.29) is 5.60 Å². The predicted molar refractivity (Wildman–Crippen MR) is 78.3 cm³/mol. The van der Waals surface area contributed by atoms with Gasteiger partial charge in [0.05, 0.1) is 0 Å². The molecule has 0 aliphatic rings. The summed E-state index contributed by atoms with van der Waals surface area (Å²) in [6.45, 7) is 10.4. The van der Waals surface area contributed by atoms with Crippen LogP contribution in [0, 0.1) is 0 Å². The van der Waals surface area contributed by atoms with Gasteiger partial charge in [-0.15, -0.1) is 0 Å². The van der Waals surface area contributed by atoms with Crippen LogP contribution in [-0.4, -0.2) is 18.7 Å². The van der Waals surface area contributed by atoms with Gasteiger partial charge in [0, 0.05) is 6.54 Å². The summed E-state index contributed by atoms with van der Waals surface area (Å²) in [5.74, 6) is 0.957. The minimum absolute atomic E-state index is 0.166. The van der Waals surface area contributed by atoms with E-state index in [1.165, 1.54) is 18.4 Å². The molecule has 18 heavy (non-hydrogen) atoms. The molecule has 0 amide bonds. The molecule has 0 radical (unpaired) electrons. The summed E-state index contributed by atoms with van der Waals surface area (Å²) in [5.41, 5.74) is 1.23. The molecule has 0 saturated carbocycles. The molecule has 0 aliphatic carbocycles. The number of unbranched alkanes of at least 4 members (excludes halogenated alkanes) is 1. The summed E-state index contributed by atoms with van der Waals surface area (Å²) >= 11 is 0. The molecule has 0 heterocycles. The molecule has 102 valence electrons. The van der Waals surface area contributed by atoms with Gasteiger partial charge < -0.3 is 10.1 Å². The van der Waals surface area contributed by atoms with Crippen LogP contribution in [0.4, 0.5) is 0 Å². The Balaban J connectivity index is 2.51. The zero-order chi connectivity index (χ0) is 13.4. The largest absolute Gasteiger partial charge is 0.487 e. The fourth-order valence-electron chi connectivity index (χ4n) is 1.89. The Morgan fingerprint density at radius 3 is 2.33 bits per heavy atom. The topological polar surface area (TPSA) is 21.3 Å².